The Kier molecular flexibility index (Phi) is 5.09. The van der Waals surface area contributed by atoms with Crippen LogP contribution in [0.25, 0.3) is 10.9 Å². The van der Waals surface area contributed by atoms with Gasteiger partial charge in [-0.2, -0.15) is 0 Å². The normalized spacial score (nSPS) is 10.6. The summed E-state index contributed by atoms with van der Waals surface area (Å²) in [4.78, 5) is 21.6. The van der Waals surface area contributed by atoms with Crippen LogP contribution in [-0.4, -0.2) is 27.0 Å². The predicted octanol–water partition coefficient (Wildman–Crippen LogP) is 2.74. The zero-order chi connectivity index (χ0) is 17.8. The van der Waals surface area contributed by atoms with Gasteiger partial charge in [0.25, 0.3) is 5.56 Å². The van der Waals surface area contributed by atoms with Crippen molar-refractivity contribution >= 4 is 28.2 Å². The van der Waals surface area contributed by atoms with Gasteiger partial charge in [-0.15, -0.1) is 0 Å². The number of pyridine rings is 2. The van der Waals surface area contributed by atoms with Gasteiger partial charge < -0.3 is 15.2 Å². The SMILES string of the molecule is CNC(=S)N(Cc1cccnc1)Cc1cc2cccc(C)c2[nH]c1=O. The summed E-state index contributed by atoms with van der Waals surface area (Å²) < 4.78 is 0. The minimum Gasteiger partial charge on any atom is -0.366 e. The number of aryl methyl sites for hydroxylation is 1. The Labute approximate surface area is 151 Å². The lowest BCUT2D eigenvalue weighted by molar-refractivity contribution is 0.400. The molecule has 3 rings (SSSR count). The first-order valence-electron chi connectivity index (χ1n) is 8.05. The number of rotatable bonds is 4. The van der Waals surface area contributed by atoms with Gasteiger partial charge in [-0.05, 0) is 47.8 Å². The van der Waals surface area contributed by atoms with Gasteiger partial charge in [0.2, 0.25) is 0 Å². The smallest absolute Gasteiger partial charge is 0.253 e. The molecule has 2 aromatic heterocycles. The van der Waals surface area contributed by atoms with Gasteiger partial charge in [0.05, 0.1) is 12.1 Å². The van der Waals surface area contributed by atoms with Crippen molar-refractivity contribution in [3.63, 3.8) is 0 Å². The topological polar surface area (TPSA) is 61.0 Å². The van der Waals surface area contributed by atoms with E-state index in [4.69, 9.17) is 12.2 Å². The fourth-order valence-corrected chi connectivity index (χ4v) is 2.95. The number of aromatic amines is 1. The van der Waals surface area contributed by atoms with Crippen LogP contribution in [0.3, 0.4) is 0 Å². The molecule has 0 atom stereocenters. The van der Waals surface area contributed by atoms with Crippen LogP contribution in [0, 0.1) is 6.92 Å². The highest BCUT2D eigenvalue weighted by Crippen LogP contribution is 2.16. The van der Waals surface area contributed by atoms with Gasteiger partial charge in [-0.3, -0.25) is 9.78 Å². The van der Waals surface area contributed by atoms with Gasteiger partial charge in [0.1, 0.15) is 0 Å². The van der Waals surface area contributed by atoms with E-state index in [1.807, 2.05) is 48.2 Å². The molecule has 0 saturated carbocycles. The van der Waals surface area contributed by atoms with Crippen molar-refractivity contribution in [2.75, 3.05) is 7.05 Å². The van der Waals surface area contributed by atoms with Crippen LogP contribution < -0.4 is 10.9 Å². The number of para-hydroxylation sites is 1. The molecule has 0 fully saturated rings. The maximum atomic E-state index is 12.5. The third-order valence-corrected chi connectivity index (χ3v) is 4.59. The standard InChI is InChI=1S/C19H20N4OS/c1-13-5-3-7-15-9-16(18(24)22-17(13)15)12-23(19(25)20-2)11-14-6-4-8-21-10-14/h3-10H,11-12H2,1-2H3,(H,20,25)(H,22,24). The number of nitrogens with zero attached hydrogens (tertiary/aromatic N) is 2. The van der Waals surface area contributed by atoms with Crippen molar-refractivity contribution in [3.05, 3.63) is 75.8 Å². The van der Waals surface area contributed by atoms with Crippen LogP contribution in [0.1, 0.15) is 16.7 Å². The molecule has 0 aliphatic rings. The van der Waals surface area contributed by atoms with E-state index >= 15 is 0 Å². The molecular weight excluding hydrogens is 332 g/mol. The lowest BCUT2D eigenvalue weighted by Gasteiger charge is -2.24. The largest absolute Gasteiger partial charge is 0.366 e. The van der Waals surface area contributed by atoms with Crippen LogP contribution in [-0.2, 0) is 13.1 Å². The molecular formula is C19H20N4OS. The van der Waals surface area contributed by atoms with Crippen molar-refractivity contribution in [3.8, 4) is 0 Å². The Hall–Kier alpha value is -2.73. The van der Waals surface area contributed by atoms with Crippen LogP contribution in [0.2, 0.25) is 0 Å². The average molecular weight is 352 g/mol. The highest BCUT2D eigenvalue weighted by atomic mass is 32.1. The van der Waals surface area contributed by atoms with Gasteiger partial charge in [-0.25, -0.2) is 0 Å². The third-order valence-electron chi connectivity index (χ3n) is 4.12. The highest BCUT2D eigenvalue weighted by Gasteiger charge is 2.13. The summed E-state index contributed by atoms with van der Waals surface area (Å²) in [6.45, 7) is 3.00. The second-order valence-corrected chi connectivity index (χ2v) is 6.32. The van der Waals surface area contributed by atoms with E-state index < -0.39 is 0 Å². The molecule has 2 heterocycles. The first-order chi connectivity index (χ1) is 12.1. The zero-order valence-electron chi connectivity index (χ0n) is 14.2. The molecule has 0 unspecified atom stereocenters. The molecule has 0 aliphatic carbocycles. The Bertz CT molecular complexity index is 953. The second-order valence-electron chi connectivity index (χ2n) is 5.94. The number of benzene rings is 1. The molecule has 0 amide bonds. The molecule has 128 valence electrons. The van der Waals surface area contributed by atoms with E-state index in [9.17, 15) is 4.79 Å². The lowest BCUT2D eigenvalue weighted by atomic mass is 10.1. The number of thiocarbonyl (C=S) groups is 1. The van der Waals surface area contributed by atoms with Crippen molar-refractivity contribution in [2.45, 2.75) is 20.0 Å². The van der Waals surface area contributed by atoms with Gasteiger partial charge in [0, 0.05) is 31.5 Å². The maximum Gasteiger partial charge on any atom is 0.253 e. The van der Waals surface area contributed by atoms with Crippen LogP contribution in [0.15, 0.2) is 53.6 Å². The predicted molar refractivity (Wildman–Crippen MR) is 104 cm³/mol. The van der Waals surface area contributed by atoms with E-state index in [-0.39, 0.29) is 5.56 Å². The maximum absolute atomic E-state index is 12.5. The molecule has 6 heteroatoms. The first-order valence-corrected chi connectivity index (χ1v) is 8.46. The number of H-pyrrole nitrogens is 1. The summed E-state index contributed by atoms with van der Waals surface area (Å²) in [6, 6.07) is 11.8. The molecule has 1 aromatic carbocycles. The fraction of sp³-hybridized carbons (Fsp3) is 0.211. The number of hydrogen-bond donors (Lipinski definition) is 2. The molecule has 0 saturated heterocycles. The summed E-state index contributed by atoms with van der Waals surface area (Å²) in [7, 11) is 1.78. The number of nitrogens with one attached hydrogen (secondary N) is 2. The zero-order valence-corrected chi connectivity index (χ0v) is 15.1. The molecule has 25 heavy (non-hydrogen) atoms. The van der Waals surface area contributed by atoms with Crippen LogP contribution in [0.5, 0.6) is 0 Å². The Morgan fingerprint density at radius 2 is 2.12 bits per heavy atom. The van der Waals surface area contributed by atoms with E-state index in [0.717, 1.165) is 22.0 Å². The summed E-state index contributed by atoms with van der Waals surface area (Å²) in [5, 5.41) is 4.61. The Morgan fingerprint density at radius 3 is 2.84 bits per heavy atom. The van der Waals surface area contributed by atoms with E-state index in [0.29, 0.717) is 23.8 Å². The quantitative estimate of drug-likeness (QED) is 0.707. The molecule has 3 aromatic rings. The number of aromatic nitrogens is 2. The fourth-order valence-electron chi connectivity index (χ4n) is 2.82. The minimum absolute atomic E-state index is 0.0862. The van der Waals surface area contributed by atoms with Crippen molar-refractivity contribution in [1.29, 1.82) is 0 Å². The van der Waals surface area contributed by atoms with Crippen LogP contribution in [0.4, 0.5) is 0 Å². The van der Waals surface area contributed by atoms with Gasteiger partial charge in [-0.1, -0.05) is 24.3 Å². The molecule has 0 radical (unpaired) electrons. The van der Waals surface area contributed by atoms with Gasteiger partial charge >= 0.3 is 0 Å². The lowest BCUT2D eigenvalue weighted by Crippen LogP contribution is -2.38. The summed E-state index contributed by atoms with van der Waals surface area (Å²) in [6.07, 6.45) is 3.54. The van der Waals surface area contributed by atoms with E-state index in [1.54, 1.807) is 19.4 Å². The Morgan fingerprint density at radius 1 is 1.28 bits per heavy atom. The molecule has 0 bridgehead atoms. The van der Waals surface area contributed by atoms with E-state index in [2.05, 4.69) is 15.3 Å². The summed E-state index contributed by atoms with van der Waals surface area (Å²) in [5.74, 6) is 0. The summed E-state index contributed by atoms with van der Waals surface area (Å²) >= 11 is 5.42. The monoisotopic (exact) mass is 352 g/mol. The van der Waals surface area contributed by atoms with Crippen molar-refractivity contribution < 1.29 is 0 Å². The number of hydrogen-bond acceptors (Lipinski definition) is 3. The summed E-state index contributed by atoms with van der Waals surface area (Å²) in [5.41, 5.74) is 3.56. The van der Waals surface area contributed by atoms with E-state index in [1.165, 1.54) is 0 Å². The molecule has 0 spiro atoms. The second kappa shape index (κ2) is 7.44. The average Bonchev–Trinajstić information content (AvgIpc) is 2.63. The number of fused-ring (bicyclic) bond motifs is 1. The van der Waals surface area contributed by atoms with Crippen LogP contribution >= 0.6 is 12.2 Å². The molecule has 0 aliphatic heterocycles. The Balaban J connectivity index is 1.94. The highest BCUT2D eigenvalue weighted by molar-refractivity contribution is 7.80. The first kappa shape index (κ1) is 17.1. The van der Waals surface area contributed by atoms with Crippen molar-refractivity contribution in [1.82, 2.24) is 20.2 Å². The van der Waals surface area contributed by atoms with Crippen molar-refractivity contribution in [2.24, 2.45) is 0 Å². The molecule has 2 N–H and O–H groups in total. The third kappa shape index (κ3) is 3.85. The molecule has 5 nitrogen and oxygen atoms in total. The van der Waals surface area contributed by atoms with Gasteiger partial charge in [0.15, 0.2) is 5.11 Å². The minimum atomic E-state index is -0.0862.